The Morgan fingerprint density at radius 3 is 1.62 bits per heavy atom. The molecule has 0 aliphatic carbocycles. The van der Waals surface area contributed by atoms with Gasteiger partial charge in [-0.25, -0.2) is 0 Å². The van der Waals surface area contributed by atoms with Crippen molar-refractivity contribution in [1.82, 2.24) is 0 Å². The topological polar surface area (TPSA) is 71.4 Å². The third-order valence-electron chi connectivity index (χ3n) is 4.51. The van der Waals surface area contributed by atoms with E-state index in [4.69, 9.17) is 4.55 Å². The van der Waals surface area contributed by atoms with Crippen molar-refractivity contribution in [2.75, 3.05) is 0 Å². The van der Waals surface area contributed by atoms with Crippen molar-refractivity contribution in [2.24, 2.45) is 0 Å². The zero-order chi connectivity index (χ0) is 22.8. The number of rotatable bonds is 5. The first-order valence-electron chi connectivity index (χ1n) is 9.89. The molecular weight excluding hydrogens is 420 g/mol. The molecule has 0 amide bonds. The summed E-state index contributed by atoms with van der Waals surface area (Å²) in [6, 6.07) is 31.3. The van der Waals surface area contributed by atoms with Crippen LogP contribution < -0.4 is 0 Å². The maximum atomic E-state index is 11.6. The highest BCUT2D eigenvalue weighted by Crippen LogP contribution is 2.22. The van der Waals surface area contributed by atoms with Crippen LogP contribution in [0.3, 0.4) is 0 Å². The summed E-state index contributed by atoms with van der Waals surface area (Å²) in [6.07, 6.45) is 6.79. The summed E-state index contributed by atoms with van der Waals surface area (Å²) in [4.78, 5) is 11.6. The average Bonchev–Trinajstić information content (AvgIpc) is 2.82. The van der Waals surface area contributed by atoms with E-state index in [1.807, 2.05) is 78.9 Å². The van der Waals surface area contributed by atoms with Gasteiger partial charge in [0.2, 0.25) is 0 Å². The Balaban J connectivity index is 0.000000186. The van der Waals surface area contributed by atoms with Gasteiger partial charge in [-0.05, 0) is 34.7 Å². The standard InChI is InChI=1S/C17H14O.C10H8O3S/c18-17(13-11-15-7-3-1-4-8-15)14-12-16-9-5-2-6-10-16;11-14(12,13)10-7-3-5-8-4-1-2-6-9(8)10/h1-14H;1-7H,(H,11,12,13). The second-order valence-electron chi connectivity index (χ2n) is 6.84. The quantitative estimate of drug-likeness (QED) is 0.301. The summed E-state index contributed by atoms with van der Waals surface area (Å²) < 4.78 is 31.0. The molecule has 5 heteroatoms. The normalized spacial score (nSPS) is 11.4. The van der Waals surface area contributed by atoms with E-state index in [0.717, 1.165) is 16.5 Å². The lowest BCUT2D eigenvalue weighted by Gasteiger charge is -2.02. The van der Waals surface area contributed by atoms with Crippen LogP contribution in [0.25, 0.3) is 22.9 Å². The maximum Gasteiger partial charge on any atom is 0.295 e. The average molecular weight is 443 g/mol. The smallest absolute Gasteiger partial charge is 0.290 e. The van der Waals surface area contributed by atoms with E-state index in [9.17, 15) is 13.2 Å². The van der Waals surface area contributed by atoms with Crippen molar-refractivity contribution in [1.29, 1.82) is 0 Å². The molecule has 0 aliphatic rings. The van der Waals surface area contributed by atoms with E-state index in [1.165, 1.54) is 6.07 Å². The zero-order valence-corrected chi connectivity index (χ0v) is 18.0. The van der Waals surface area contributed by atoms with E-state index in [1.54, 1.807) is 42.5 Å². The molecule has 1 N–H and O–H groups in total. The second kappa shape index (κ2) is 11.0. The SMILES string of the molecule is O=C(C=Cc1ccccc1)C=Cc1ccccc1.O=S(=O)(O)c1cccc2ccccc12. The van der Waals surface area contributed by atoms with Gasteiger partial charge in [-0.2, -0.15) is 8.42 Å². The minimum absolute atomic E-state index is 0.0114. The molecule has 0 unspecified atom stereocenters. The molecule has 4 aromatic rings. The fourth-order valence-corrected chi connectivity index (χ4v) is 3.68. The van der Waals surface area contributed by atoms with Gasteiger partial charge in [0.15, 0.2) is 5.78 Å². The molecule has 0 saturated heterocycles. The lowest BCUT2D eigenvalue weighted by Crippen LogP contribution is -1.98. The van der Waals surface area contributed by atoms with Gasteiger partial charge in [-0.3, -0.25) is 9.35 Å². The minimum atomic E-state index is -4.13. The Kier molecular flexibility index (Phi) is 7.86. The van der Waals surface area contributed by atoms with Gasteiger partial charge in [0.25, 0.3) is 10.1 Å². The first kappa shape index (κ1) is 22.9. The van der Waals surface area contributed by atoms with Crippen molar-refractivity contribution in [3.05, 3.63) is 126 Å². The van der Waals surface area contributed by atoms with Crippen molar-refractivity contribution >= 4 is 38.8 Å². The van der Waals surface area contributed by atoms with Crippen LogP contribution in [-0.2, 0) is 14.9 Å². The van der Waals surface area contributed by atoms with E-state index < -0.39 is 10.1 Å². The summed E-state index contributed by atoms with van der Waals surface area (Å²) >= 11 is 0. The Morgan fingerprint density at radius 1 is 0.625 bits per heavy atom. The number of hydrogen-bond acceptors (Lipinski definition) is 3. The van der Waals surface area contributed by atoms with Crippen molar-refractivity contribution < 1.29 is 17.8 Å². The van der Waals surface area contributed by atoms with Crippen LogP contribution in [0, 0.1) is 0 Å². The molecule has 0 aromatic heterocycles. The molecule has 0 heterocycles. The van der Waals surface area contributed by atoms with Crippen molar-refractivity contribution in [3.63, 3.8) is 0 Å². The molecule has 4 rings (SSSR count). The third kappa shape index (κ3) is 6.87. The minimum Gasteiger partial charge on any atom is -0.290 e. The van der Waals surface area contributed by atoms with Crippen LogP contribution >= 0.6 is 0 Å². The van der Waals surface area contributed by atoms with Gasteiger partial charge >= 0.3 is 0 Å². The Hall–Kier alpha value is -3.80. The van der Waals surface area contributed by atoms with Gasteiger partial charge in [-0.1, -0.05) is 109 Å². The predicted molar refractivity (Wildman–Crippen MR) is 130 cm³/mol. The Labute approximate surface area is 187 Å². The summed E-state index contributed by atoms with van der Waals surface area (Å²) in [7, 11) is -4.13. The summed E-state index contributed by atoms with van der Waals surface area (Å²) in [6.45, 7) is 0. The van der Waals surface area contributed by atoms with Crippen LogP contribution in [0.1, 0.15) is 11.1 Å². The summed E-state index contributed by atoms with van der Waals surface area (Å²) in [5, 5.41) is 1.33. The molecule has 0 aliphatic heterocycles. The highest BCUT2D eigenvalue weighted by Gasteiger charge is 2.12. The maximum absolute atomic E-state index is 11.6. The first-order valence-corrected chi connectivity index (χ1v) is 11.3. The molecule has 4 nitrogen and oxygen atoms in total. The highest BCUT2D eigenvalue weighted by molar-refractivity contribution is 7.86. The Bertz CT molecular complexity index is 1280. The highest BCUT2D eigenvalue weighted by atomic mass is 32.2. The van der Waals surface area contributed by atoms with E-state index in [0.29, 0.717) is 5.39 Å². The monoisotopic (exact) mass is 442 g/mol. The van der Waals surface area contributed by atoms with E-state index in [-0.39, 0.29) is 10.7 Å². The first-order chi connectivity index (χ1) is 15.4. The summed E-state index contributed by atoms with van der Waals surface area (Å²) in [5.41, 5.74) is 2.05. The molecule has 32 heavy (non-hydrogen) atoms. The van der Waals surface area contributed by atoms with Gasteiger partial charge < -0.3 is 0 Å². The number of hydrogen-bond donors (Lipinski definition) is 1. The number of carbonyl (C=O) groups is 1. The van der Waals surface area contributed by atoms with Crippen molar-refractivity contribution in [2.45, 2.75) is 4.90 Å². The van der Waals surface area contributed by atoms with Gasteiger partial charge in [0, 0.05) is 5.39 Å². The van der Waals surface area contributed by atoms with Gasteiger partial charge in [0.1, 0.15) is 4.90 Å². The largest absolute Gasteiger partial charge is 0.295 e. The van der Waals surface area contributed by atoms with Crippen LogP contribution in [0.5, 0.6) is 0 Å². The summed E-state index contributed by atoms with van der Waals surface area (Å²) in [5.74, 6) is -0.0114. The molecule has 160 valence electrons. The molecule has 4 aromatic carbocycles. The zero-order valence-electron chi connectivity index (χ0n) is 17.2. The third-order valence-corrected chi connectivity index (χ3v) is 5.42. The fraction of sp³-hybridized carbons (Fsp3) is 0. The number of allylic oxidation sites excluding steroid dienone is 2. The van der Waals surface area contributed by atoms with Gasteiger partial charge in [0.05, 0.1) is 0 Å². The second-order valence-corrected chi connectivity index (χ2v) is 8.23. The fourth-order valence-electron chi connectivity index (χ4n) is 2.96. The van der Waals surface area contributed by atoms with Crippen LogP contribution in [0.4, 0.5) is 0 Å². The predicted octanol–water partition coefficient (Wildman–Crippen LogP) is 6.07. The molecule has 0 atom stereocenters. The lowest BCUT2D eigenvalue weighted by molar-refractivity contribution is -0.110. The van der Waals surface area contributed by atoms with Crippen LogP contribution in [0.15, 0.2) is 120 Å². The molecule has 0 spiro atoms. The van der Waals surface area contributed by atoms with E-state index >= 15 is 0 Å². The van der Waals surface area contributed by atoms with E-state index in [2.05, 4.69) is 0 Å². The number of ketones is 1. The molecule has 0 saturated carbocycles. The number of carbonyl (C=O) groups excluding carboxylic acids is 1. The van der Waals surface area contributed by atoms with Crippen LogP contribution in [0.2, 0.25) is 0 Å². The molecule has 0 fully saturated rings. The Morgan fingerprint density at radius 2 is 1.09 bits per heavy atom. The molecule has 0 radical (unpaired) electrons. The molecule has 0 bridgehead atoms. The van der Waals surface area contributed by atoms with Crippen molar-refractivity contribution in [3.8, 4) is 0 Å². The van der Waals surface area contributed by atoms with Gasteiger partial charge in [-0.15, -0.1) is 0 Å². The number of fused-ring (bicyclic) bond motifs is 1. The van der Waals surface area contributed by atoms with Crippen LogP contribution in [-0.4, -0.2) is 18.8 Å². The number of benzene rings is 4. The molecular formula is C27H22O4S. The lowest BCUT2D eigenvalue weighted by atomic mass is 10.1.